The van der Waals surface area contributed by atoms with Crippen molar-refractivity contribution in [2.45, 2.75) is 66.7 Å². The van der Waals surface area contributed by atoms with E-state index in [9.17, 15) is 0 Å². The topological polar surface area (TPSA) is 0 Å². The Kier molecular flexibility index (Phi) is 19.3. The van der Waals surface area contributed by atoms with Gasteiger partial charge in [0.25, 0.3) is 0 Å². The molecule has 0 bridgehead atoms. The standard InChI is InChI=1S/C15H25.3ClH.Zr/c1-6-12-11-15(9-4,10-5)14(8-3)13(12)7-2;;;;/h6-10H2,1-5H3;3*1H;/q-1;;;;+4/p-3. The normalized spacial score (nSPS) is 15.5. The zero-order valence-electron chi connectivity index (χ0n) is 12.7. The van der Waals surface area contributed by atoms with E-state index >= 15 is 0 Å². The SMILES string of the molecule is CCC1=[C-]C(CC)(CC)C(CC)=C1CC.[Cl-].[Cl-].[Cl-].[Zr+4]. The van der Waals surface area contributed by atoms with Gasteiger partial charge in [0.1, 0.15) is 0 Å². The molecule has 0 spiro atoms. The Balaban J connectivity index is -0.000000281. The molecule has 1 aliphatic rings. The van der Waals surface area contributed by atoms with Crippen LogP contribution in [-0.2, 0) is 26.2 Å². The molecular weight excluding hydrogens is 378 g/mol. The summed E-state index contributed by atoms with van der Waals surface area (Å²) >= 11 is 0. The van der Waals surface area contributed by atoms with Crippen LogP contribution in [0.25, 0.3) is 0 Å². The molecule has 0 amide bonds. The van der Waals surface area contributed by atoms with Gasteiger partial charge >= 0.3 is 26.2 Å². The first-order valence-corrected chi connectivity index (χ1v) is 6.55. The Hall–Kier alpha value is 1.23. The molecule has 1 rings (SSSR count). The molecule has 0 nitrogen and oxygen atoms in total. The molecule has 0 heterocycles. The van der Waals surface area contributed by atoms with Gasteiger partial charge in [0.05, 0.1) is 0 Å². The molecular formula is C15H25Cl3Zr. The molecule has 110 valence electrons. The van der Waals surface area contributed by atoms with Crippen molar-refractivity contribution in [3.8, 4) is 0 Å². The molecule has 0 saturated carbocycles. The first kappa shape index (κ1) is 28.4. The number of halogens is 3. The van der Waals surface area contributed by atoms with Crippen LogP contribution in [0.2, 0.25) is 0 Å². The van der Waals surface area contributed by atoms with Crippen LogP contribution < -0.4 is 37.2 Å². The molecule has 0 aromatic heterocycles. The largest absolute Gasteiger partial charge is 4.00 e. The summed E-state index contributed by atoms with van der Waals surface area (Å²) in [6.07, 6.45) is 9.74. The Bertz CT molecular complexity index is 292. The summed E-state index contributed by atoms with van der Waals surface area (Å²) in [4.78, 5) is 0. The minimum absolute atomic E-state index is 0. The minimum atomic E-state index is 0. The fraction of sp³-hybridized carbons (Fsp3) is 0.733. The molecule has 0 unspecified atom stereocenters. The van der Waals surface area contributed by atoms with Crippen LogP contribution in [0.5, 0.6) is 0 Å². The van der Waals surface area contributed by atoms with Crippen LogP contribution in [0.3, 0.4) is 0 Å². The van der Waals surface area contributed by atoms with Gasteiger partial charge in [0, 0.05) is 0 Å². The first-order valence-electron chi connectivity index (χ1n) is 6.55. The number of allylic oxidation sites excluding steroid dienone is 4. The van der Waals surface area contributed by atoms with E-state index in [2.05, 4.69) is 40.7 Å². The average molecular weight is 403 g/mol. The van der Waals surface area contributed by atoms with Gasteiger partial charge in [-0.1, -0.05) is 72.1 Å². The summed E-state index contributed by atoms with van der Waals surface area (Å²) in [7, 11) is 0. The second-order valence-electron chi connectivity index (χ2n) is 4.41. The van der Waals surface area contributed by atoms with E-state index < -0.39 is 0 Å². The Morgan fingerprint density at radius 1 is 0.789 bits per heavy atom. The van der Waals surface area contributed by atoms with Crippen molar-refractivity contribution in [2.24, 2.45) is 5.41 Å². The quantitative estimate of drug-likeness (QED) is 0.412. The van der Waals surface area contributed by atoms with Crippen LogP contribution >= 0.6 is 0 Å². The summed E-state index contributed by atoms with van der Waals surface area (Å²) in [5.74, 6) is 0. The molecule has 0 aromatic rings. The Morgan fingerprint density at radius 2 is 1.26 bits per heavy atom. The molecule has 0 aliphatic heterocycles. The van der Waals surface area contributed by atoms with Gasteiger partial charge in [-0.05, 0) is 0 Å². The van der Waals surface area contributed by atoms with Crippen LogP contribution in [0, 0.1) is 11.5 Å². The van der Waals surface area contributed by atoms with Gasteiger partial charge in [-0.15, -0.1) is 0 Å². The first-order chi connectivity index (χ1) is 7.18. The fourth-order valence-electron chi connectivity index (χ4n) is 3.04. The number of hydrogen-bond acceptors (Lipinski definition) is 0. The summed E-state index contributed by atoms with van der Waals surface area (Å²) in [5.41, 5.74) is 5.07. The van der Waals surface area contributed by atoms with E-state index in [4.69, 9.17) is 0 Å². The van der Waals surface area contributed by atoms with Crippen molar-refractivity contribution in [3.05, 3.63) is 22.8 Å². The van der Waals surface area contributed by atoms with E-state index in [0.717, 1.165) is 6.42 Å². The van der Waals surface area contributed by atoms with Crippen LogP contribution in [0.15, 0.2) is 16.7 Å². The molecule has 0 saturated heterocycles. The van der Waals surface area contributed by atoms with Crippen LogP contribution in [0.4, 0.5) is 0 Å². The van der Waals surface area contributed by atoms with Crippen molar-refractivity contribution in [1.29, 1.82) is 0 Å². The van der Waals surface area contributed by atoms with E-state index in [0.29, 0.717) is 0 Å². The van der Waals surface area contributed by atoms with Crippen molar-refractivity contribution in [3.63, 3.8) is 0 Å². The second-order valence-corrected chi connectivity index (χ2v) is 4.41. The smallest absolute Gasteiger partial charge is 1.00 e. The Labute approximate surface area is 157 Å². The van der Waals surface area contributed by atoms with Gasteiger partial charge in [-0.2, -0.15) is 11.1 Å². The maximum atomic E-state index is 3.80. The van der Waals surface area contributed by atoms with Crippen molar-refractivity contribution >= 4 is 0 Å². The summed E-state index contributed by atoms with van der Waals surface area (Å²) in [6, 6.07) is 0. The molecule has 0 N–H and O–H groups in total. The van der Waals surface area contributed by atoms with Crippen molar-refractivity contribution < 1.29 is 63.4 Å². The predicted molar refractivity (Wildman–Crippen MR) is 67.7 cm³/mol. The van der Waals surface area contributed by atoms with E-state index in [1.807, 2.05) is 0 Å². The monoisotopic (exact) mass is 400 g/mol. The van der Waals surface area contributed by atoms with Crippen molar-refractivity contribution in [1.82, 2.24) is 0 Å². The predicted octanol–water partition coefficient (Wildman–Crippen LogP) is -3.93. The van der Waals surface area contributed by atoms with Crippen LogP contribution in [0.1, 0.15) is 66.7 Å². The molecule has 0 aromatic carbocycles. The van der Waals surface area contributed by atoms with Gasteiger partial charge in [-0.3, -0.25) is 6.08 Å². The third kappa shape index (κ3) is 5.50. The van der Waals surface area contributed by atoms with Gasteiger partial charge in [0.15, 0.2) is 0 Å². The maximum Gasteiger partial charge on any atom is 4.00 e. The zero-order chi connectivity index (χ0) is 11.5. The molecule has 0 fully saturated rings. The Morgan fingerprint density at radius 3 is 1.53 bits per heavy atom. The van der Waals surface area contributed by atoms with Crippen molar-refractivity contribution in [2.75, 3.05) is 0 Å². The van der Waals surface area contributed by atoms with E-state index in [1.54, 1.807) is 11.1 Å². The number of rotatable bonds is 5. The summed E-state index contributed by atoms with van der Waals surface area (Å²) < 4.78 is 0. The third-order valence-corrected chi connectivity index (χ3v) is 3.96. The van der Waals surface area contributed by atoms with Gasteiger partial charge in [0.2, 0.25) is 0 Å². The third-order valence-electron chi connectivity index (χ3n) is 3.96. The van der Waals surface area contributed by atoms with E-state index in [1.165, 1.54) is 31.3 Å². The van der Waals surface area contributed by atoms with Gasteiger partial charge < -0.3 is 37.2 Å². The average Bonchev–Trinajstić information content (AvgIpc) is 2.62. The minimum Gasteiger partial charge on any atom is -1.00 e. The summed E-state index contributed by atoms with van der Waals surface area (Å²) in [6.45, 7) is 11.4. The van der Waals surface area contributed by atoms with Gasteiger partial charge in [-0.25, -0.2) is 5.57 Å². The van der Waals surface area contributed by atoms with E-state index in [-0.39, 0.29) is 68.8 Å². The zero-order valence-corrected chi connectivity index (χ0v) is 17.4. The molecule has 0 atom stereocenters. The molecule has 4 heteroatoms. The van der Waals surface area contributed by atoms with Crippen LogP contribution in [-0.4, -0.2) is 0 Å². The second kappa shape index (κ2) is 12.9. The molecule has 0 radical (unpaired) electrons. The molecule has 1 aliphatic carbocycles. The molecule has 19 heavy (non-hydrogen) atoms. The maximum absolute atomic E-state index is 3.80. The fourth-order valence-corrected chi connectivity index (χ4v) is 3.04. The summed E-state index contributed by atoms with van der Waals surface area (Å²) in [5, 5.41) is 0. The number of hydrogen-bond donors (Lipinski definition) is 0.